The van der Waals surface area contributed by atoms with Crippen LogP contribution in [-0.4, -0.2) is 66.5 Å². The van der Waals surface area contributed by atoms with E-state index in [4.69, 9.17) is 9.72 Å². The Bertz CT molecular complexity index is 1690. The lowest BCUT2D eigenvalue weighted by Crippen LogP contribution is -2.40. The number of pyridine rings is 1. The summed E-state index contributed by atoms with van der Waals surface area (Å²) in [4.78, 5) is 49.9. The Hall–Kier alpha value is -4.34. The van der Waals surface area contributed by atoms with Crippen LogP contribution in [0.4, 0.5) is 5.69 Å². The molecular formula is C33H30N4O4S. The van der Waals surface area contributed by atoms with Crippen molar-refractivity contribution in [3.63, 3.8) is 0 Å². The maximum absolute atomic E-state index is 14.0. The third kappa shape index (κ3) is 5.21. The molecule has 3 amide bonds. The number of hydrogen-bond donors (Lipinski definition) is 1. The Kier molecular flexibility index (Phi) is 7.05. The first-order valence-corrected chi connectivity index (χ1v) is 15.2. The molecule has 8 nitrogen and oxygen atoms in total. The Morgan fingerprint density at radius 2 is 1.69 bits per heavy atom. The van der Waals surface area contributed by atoms with Gasteiger partial charge in [0.1, 0.15) is 5.69 Å². The minimum absolute atomic E-state index is 0.0160. The van der Waals surface area contributed by atoms with Crippen molar-refractivity contribution in [2.24, 2.45) is 0 Å². The van der Waals surface area contributed by atoms with Crippen molar-refractivity contribution >= 4 is 34.7 Å². The fraction of sp³-hybridized carbons (Fsp3) is 0.273. The van der Waals surface area contributed by atoms with Gasteiger partial charge in [-0.15, -0.1) is 11.3 Å². The van der Waals surface area contributed by atoms with E-state index in [-0.39, 0.29) is 17.7 Å². The number of hydrogen-bond acceptors (Lipinski definition) is 6. The lowest BCUT2D eigenvalue weighted by Gasteiger charge is -2.27. The summed E-state index contributed by atoms with van der Waals surface area (Å²) < 4.78 is 5.38. The SMILES string of the molecule is O=C(NC1CC1)c1cc2c(s1)-c1ccccc1N(C(=O)c1cccc(-c3cccc(C(=O)N4CCOCC4)c3)n1)CC2. The Morgan fingerprint density at radius 3 is 2.52 bits per heavy atom. The number of carbonyl (C=O) groups is 3. The Morgan fingerprint density at radius 1 is 0.881 bits per heavy atom. The van der Waals surface area contributed by atoms with Crippen LogP contribution in [0.15, 0.2) is 72.8 Å². The highest BCUT2D eigenvalue weighted by atomic mass is 32.1. The number of amides is 3. The molecule has 3 aliphatic rings. The molecule has 1 saturated carbocycles. The van der Waals surface area contributed by atoms with E-state index < -0.39 is 0 Å². The zero-order chi connectivity index (χ0) is 28.6. The van der Waals surface area contributed by atoms with Crippen LogP contribution < -0.4 is 10.2 Å². The second-order valence-electron chi connectivity index (χ2n) is 10.8. The molecule has 2 fully saturated rings. The van der Waals surface area contributed by atoms with Gasteiger partial charge in [-0.1, -0.05) is 36.4 Å². The predicted octanol–water partition coefficient (Wildman–Crippen LogP) is 5.04. The normalized spacial score (nSPS) is 16.3. The van der Waals surface area contributed by atoms with Crippen molar-refractivity contribution in [3.8, 4) is 21.7 Å². The third-order valence-electron chi connectivity index (χ3n) is 7.91. The molecule has 1 saturated heterocycles. The van der Waals surface area contributed by atoms with Crippen molar-refractivity contribution in [2.45, 2.75) is 25.3 Å². The van der Waals surface area contributed by atoms with Crippen molar-refractivity contribution in [2.75, 3.05) is 37.7 Å². The van der Waals surface area contributed by atoms with Gasteiger partial charge in [-0.3, -0.25) is 14.4 Å². The molecule has 42 heavy (non-hydrogen) atoms. The average molecular weight is 579 g/mol. The van der Waals surface area contributed by atoms with Gasteiger partial charge in [0, 0.05) is 47.2 Å². The average Bonchev–Trinajstić information content (AvgIpc) is 3.79. The van der Waals surface area contributed by atoms with E-state index in [2.05, 4.69) is 5.32 Å². The summed E-state index contributed by atoms with van der Waals surface area (Å²) in [6.07, 6.45) is 2.72. The molecule has 9 heteroatoms. The van der Waals surface area contributed by atoms with E-state index in [0.29, 0.717) is 67.1 Å². The number of nitrogens with zero attached hydrogens (tertiary/aromatic N) is 3. The van der Waals surface area contributed by atoms with Crippen LogP contribution in [0.1, 0.15) is 48.9 Å². The van der Waals surface area contributed by atoms with Gasteiger partial charge in [-0.05, 0) is 61.2 Å². The number of morpholine rings is 1. The molecule has 0 unspecified atom stereocenters. The highest BCUT2D eigenvalue weighted by molar-refractivity contribution is 7.17. The molecule has 0 atom stereocenters. The first kappa shape index (κ1) is 26.6. The number of rotatable bonds is 5. The van der Waals surface area contributed by atoms with Crippen molar-refractivity contribution < 1.29 is 19.1 Å². The summed E-state index contributed by atoms with van der Waals surface area (Å²) in [5, 5.41) is 3.08. The Balaban J connectivity index is 1.16. The largest absolute Gasteiger partial charge is 0.378 e. The van der Waals surface area contributed by atoms with Gasteiger partial charge in [0.15, 0.2) is 0 Å². The van der Waals surface area contributed by atoms with E-state index in [1.165, 1.54) is 11.3 Å². The number of ether oxygens (including phenoxy) is 1. The number of benzene rings is 2. The minimum Gasteiger partial charge on any atom is -0.378 e. The number of nitrogens with one attached hydrogen (secondary N) is 1. The fourth-order valence-corrected chi connectivity index (χ4v) is 6.66. The molecule has 0 bridgehead atoms. The number of anilines is 1. The van der Waals surface area contributed by atoms with Crippen LogP contribution in [0.5, 0.6) is 0 Å². The van der Waals surface area contributed by atoms with Gasteiger partial charge >= 0.3 is 0 Å². The molecule has 212 valence electrons. The molecule has 0 spiro atoms. The monoisotopic (exact) mass is 578 g/mol. The first-order chi connectivity index (χ1) is 20.5. The highest BCUT2D eigenvalue weighted by Crippen LogP contribution is 2.42. The number of fused-ring (bicyclic) bond motifs is 3. The van der Waals surface area contributed by atoms with E-state index >= 15 is 0 Å². The molecule has 2 aromatic carbocycles. The standard InChI is InChI=1S/C33H30N4O4S/c38-31(34-24-11-12-24)29-20-22-13-14-37(28-10-2-1-7-25(28)30(22)42-29)33(40)27-9-4-8-26(35-27)21-5-3-6-23(19-21)32(39)36-15-17-41-18-16-36/h1-10,19-20,24H,11-18H2,(H,34,38). The first-order valence-electron chi connectivity index (χ1n) is 14.3. The van der Waals surface area contributed by atoms with Gasteiger partial charge in [-0.25, -0.2) is 4.98 Å². The molecule has 1 aliphatic carbocycles. The summed E-state index contributed by atoms with van der Waals surface area (Å²) in [7, 11) is 0. The van der Waals surface area contributed by atoms with Crippen LogP contribution in [0.25, 0.3) is 21.7 Å². The molecular weight excluding hydrogens is 548 g/mol. The van der Waals surface area contributed by atoms with Gasteiger partial charge in [0.05, 0.1) is 29.5 Å². The number of carbonyl (C=O) groups excluding carboxylic acids is 3. The van der Waals surface area contributed by atoms with Crippen LogP contribution in [0, 0.1) is 0 Å². The maximum atomic E-state index is 14.0. The zero-order valence-electron chi connectivity index (χ0n) is 23.0. The second-order valence-corrected chi connectivity index (χ2v) is 11.9. The van der Waals surface area contributed by atoms with Crippen molar-refractivity contribution in [3.05, 3.63) is 94.5 Å². The van der Waals surface area contributed by atoms with Gasteiger partial charge in [-0.2, -0.15) is 0 Å². The number of para-hydroxylation sites is 1. The topological polar surface area (TPSA) is 91.8 Å². The van der Waals surface area contributed by atoms with Crippen molar-refractivity contribution in [1.29, 1.82) is 0 Å². The van der Waals surface area contributed by atoms with Gasteiger partial charge < -0.3 is 19.9 Å². The number of aromatic nitrogens is 1. The lowest BCUT2D eigenvalue weighted by atomic mass is 10.1. The van der Waals surface area contributed by atoms with Crippen LogP contribution in [0.2, 0.25) is 0 Å². The second kappa shape index (κ2) is 11.2. The van der Waals surface area contributed by atoms with Crippen LogP contribution in [0.3, 0.4) is 0 Å². The van der Waals surface area contributed by atoms with Gasteiger partial charge in [0.25, 0.3) is 17.7 Å². The molecule has 7 rings (SSSR count). The molecule has 4 heterocycles. The summed E-state index contributed by atoms with van der Waals surface area (Å²) in [5.74, 6) is -0.237. The molecule has 2 aromatic heterocycles. The smallest absolute Gasteiger partial charge is 0.276 e. The number of thiophene rings is 1. The summed E-state index contributed by atoms with van der Waals surface area (Å²) in [6.45, 7) is 2.70. The van der Waals surface area contributed by atoms with E-state index in [9.17, 15) is 14.4 Å². The van der Waals surface area contributed by atoms with E-state index in [1.807, 2.05) is 66.7 Å². The fourth-order valence-electron chi connectivity index (χ4n) is 5.52. The molecule has 0 radical (unpaired) electrons. The quantitative estimate of drug-likeness (QED) is 0.358. The lowest BCUT2D eigenvalue weighted by molar-refractivity contribution is 0.0303. The van der Waals surface area contributed by atoms with Crippen LogP contribution in [-0.2, 0) is 11.2 Å². The maximum Gasteiger partial charge on any atom is 0.276 e. The molecule has 1 N–H and O–H groups in total. The summed E-state index contributed by atoms with van der Waals surface area (Å²) in [6, 6.07) is 23.0. The van der Waals surface area contributed by atoms with Gasteiger partial charge in [0.2, 0.25) is 0 Å². The molecule has 2 aliphatic heterocycles. The van der Waals surface area contributed by atoms with E-state index in [0.717, 1.165) is 40.1 Å². The zero-order valence-corrected chi connectivity index (χ0v) is 23.9. The third-order valence-corrected chi connectivity index (χ3v) is 9.12. The molecule has 4 aromatic rings. The summed E-state index contributed by atoms with van der Waals surface area (Å²) in [5.41, 5.74) is 5.16. The highest BCUT2D eigenvalue weighted by Gasteiger charge is 2.30. The van der Waals surface area contributed by atoms with Crippen LogP contribution >= 0.6 is 11.3 Å². The van der Waals surface area contributed by atoms with Crippen molar-refractivity contribution in [1.82, 2.24) is 15.2 Å². The van der Waals surface area contributed by atoms with E-state index in [1.54, 1.807) is 15.9 Å². The Labute approximate surface area is 247 Å². The predicted molar refractivity (Wildman–Crippen MR) is 162 cm³/mol. The minimum atomic E-state index is -0.188. The summed E-state index contributed by atoms with van der Waals surface area (Å²) >= 11 is 1.49.